The van der Waals surface area contributed by atoms with Crippen molar-refractivity contribution in [1.82, 2.24) is 9.62 Å². The fourth-order valence-corrected chi connectivity index (χ4v) is 6.95. The number of amides is 1. The smallest absolute Gasteiger partial charge is 0.252 e. The molecule has 0 bridgehead atoms. The lowest BCUT2D eigenvalue weighted by Gasteiger charge is -2.25. The maximum absolute atomic E-state index is 12.9. The third-order valence-corrected chi connectivity index (χ3v) is 9.31. The number of carbonyl (C=O) groups is 1. The van der Waals surface area contributed by atoms with E-state index in [1.54, 1.807) is 22.5 Å². The first-order valence-electron chi connectivity index (χ1n) is 10.9. The highest BCUT2D eigenvalue weighted by atomic mass is 32.2. The van der Waals surface area contributed by atoms with E-state index in [-0.39, 0.29) is 12.7 Å². The average Bonchev–Trinajstić information content (AvgIpc) is 3.53. The van der Waals surface area contributed by atoms with Crippen LogP contribution in [0.2, 0.25) is 0 Å². The van der Waals surface area contributed by atoms with E-state index in [1.807, 2.05) is 36.4 Å². The molecule has 0 radical (unpaired) electrons. The van der Waals surface area contributed by atoms with Crippen LogP contribution >= 0.6 is 11.3 Å². The molecule has 2 aliphatic rings. The first-order chi connectivity index (χ1) is 16.0. The van der Waals surface area contributed by atoms with Crippen molar-refractivity contribution in [3.05, 3.63) is 65.7 Å². The van der Waals surface area contributed by atoms with Gasteiger partial charge in [0.15, 0.2) is 11.5 Å². The van der Waals surface area contributed by atoms with Crippen LogP contribution in [0.3, 0.4) is 0 Å². The van der Waals surface area contributed by atoms with E-state index >= 15 is 0 Å². The molecule has 1 N–H and O–H groups in total. The van der Waals surface area contributed by atoms with Crippen molar-refractivity contribution < 1.29 is 22.7 Å². The molecule has 3 aromatic rings. The van der Waals surface area contributed by atoms with Gasteiger partial charge in [0.25, 0.3) is 15.9 Å². The van der Waals surface area contributed by atoms with Crippen LogP contribution < -0.4 is 14.8 Å². The Hall–Kier alpha value is -2.88. The lowest BCUT2D eigenvalue weighted by atomic mass is 10.1. The number of benzene rings is 2. The lowest BCUT2D eigenvalue weighted by molar-refractivity contribution is 0.0951. The largest absolute Gasteiger partial charge is 0.454 e. The van der Waals surface area contributed by atoms with Crippen molar-refractivity contribution >= 4 is 27.3 Å². The predicted molar refractivity (Wildman–Crippen MR) is 126 cm³/mol. The minimum Gasteiger partial charge on any atom is -0.454 e. The van der Waals surface area contributed by atoms with Crippen molar-refractivity contribution in [3.8, 4) is 21.9 Å². The number of hydrogen-bond donors (Lipinski definition) is 1. The molecule has 9 heteroatoms. The van der Waals surface area contributed by atoms with E-state index in [4.69, 9.17) is 9.47 Å². The second-order valence-electron chi connectivity index (χ2n) is 8.03. The van der Waals surface area contributed by atoms with Crippen molar-refractivity contribution in [2.24, 2.45) is 0 Å². The zero-order valence-corrected chi connectivity index (χ0v) is 19.6. The summed E-state index contributed by atoms with van der Waals surface area (Å²) in [6.07, 6.45) is 2.91. The fraction of sp³-hybridized carbons (Fsp3) is 0.292. The molecule has 5 rings (SSSR count). The van der Waals surface area contributed by atoms with Gasteiger partial charge < -0.3 is 14.8 Å². The minimum absolute atomic E-state index is 0.182. The number of piperidine rings is 1. The van der Waals surface area contributed by atoms with Crippen LogP contribution in [-0.4, -0.2) is 38.5 Å². The summed E-state index contributed by atoms with van der Waals surface area (Å²) in [7, 11) is -3.44. The summed E-state index contributed by atoms with van der Waals surface area (Å²) in [5, 5.41) is 2.91. The number of thiophene rings is 1. The van der Waals surface area contributed by atoms with Gasteiger partial charge in [0.1, 0.15) is 4.21 Å². The van der Waals surface area contributed by atoms with Gasteiger partial charge in [-0.05, 0) is 60.4 Å². The van der Waals surface area contributed by atoms with Crippen molar-refractivity contribution in [1.29, 1.82) is 0 Å². The Morgan fingerprint density at radius 2 is 1.70 bits per heavy atom. The fourth-order valence-electron chi connectivity index (χ4n) is 3.97. The Kier molecular flexibility index (Phi) is 6.09. The monoisotopic (exact) mass is 484 g/mol. The topological polar surface area (TPSA) is 84.9 Å². The third kappa shape index (κ3) is 4.62. The van der Waals surface area contributed by atoms with Gasteiger partial charge in [0.2, 0.25) is 6.79 Å². The summed E-state index contributed by atoms with van der Waals surface area (Å²) in [5.74, 6) is 1.21. The highest BCUT2D eigenvalue weighted by Gasteiger charge is 2.27. The van der Waals surface area contributed by atoms with Crippen LogP contribution in [0.4, 0.5) is 0 Å². The molecule has 172 valence electrons. The van der Waals surface area contributed by atoms with E-state index in [2.05, 4.69) is 5.32 Å². The summed E-state index contributed by atoms with van der Waals surface area (Å²) in [5.41, 5.74) is 2.34. The average molecular weight is 485 g/mol. The quantitative estimate of drug-likeness (QED) is 0.566. The Bertz CT molecular complexity index is 1260. The Morgan fingerprint density at radius 3 is 2.48 bits per heavy atom. The number of ether oxygens (including phenoxy) is 2. The van der Waals surface area contributed by atoms with Crippen LogP contribution in [0.25, 0.3) is 10.4 Å². The second-order valence-corrected chi connectivity index (χ2v) is 11.3. The van der Waals surface area contributed by atoms with Crippen LogP contribution in [0.1, 0.15) is 35.2 Å². The highest BCUT2D eigenvalue weighted by Crippen LogP contribution is 2.34. The zero-order chi connectivity index (χ0) is 22.8. The Labute approximate surface area is 197 Å². The van der Waals surface area contributed by atoms with Crippen LogP contribution in [-0.2, 0) is 16.6 Å². The SMILES string of the molecule is O=C(NCc1ccc2c(c1)OCO2)c1ccc(-c2ccc(S(=O)(=O)N3CCCCC3)s2)cc1. The number of fused-ring (bicyclic) bond motifs is 1. The van der Waals surface area contributed by atoms with E-state index in [0.29, 0.717) is 40.9 Å². The molecule has 0 spiro atoms. The van der Waals surface area contributed by atoms with Gasteiger partial charge in [-0.3, -0.25) is 4.79 Å². The first kappa shape index (κ1) is 21.9. The van der Waals surface area contributed by atoms with Gasteiger partial charge in [-0.2, -0.15) is 4.31 Å². The summed E-state index contributed by atoms with van der Waals surface area (Å²) in [6, 6.07) is 16.3. The molecule has 1 saturated heterocycles. The summed E-state index contributed by atoms with van der Waals surface area (Å²) in [4.78, 5) is 13.4. The van der Waals surface area contributed by atoms with Crippen LogP contribution in [0.15, 0.2) is 58.8 Å². The number of hydrogen-bond acceptors (Lipinski definition) is 6. The summed E-state index contributed by atoms with van der Waals surface area (Å²) < 4.78 is 38.4. The van der Waals surface area contributed by atoms with Gasteiger partial charge in [-0.15, -0.1) is 11.3 Å². The minimum atomic E-state index is -3.44. The van der Waals surface area contributed by atoms with Crippen LogP contribution in [0.5, 0.6) is 11.5 Å². The van der Waals surface area contributed by atoms with Gasteiger partial charge in [0.05, 0.1) is 0 Å². The van der Waals surface area contributed by atoms with Gasteiger partial charge >= 0.3 is 0 Å². The number of sulfonamides is 1. The van der Waals surface area contributed by atoms with Crippen molar-refractivity contribution in [3.63, 3.8) is 0 Å². The molecular formula is C24H24N2O5S2. The van der Waals surface area contributed by atoms with E-state index in [0.717, 1.165) is 35.3 Å². The molecule has 1 aromatic heterocycles. The molecule has 0 saturated carbocycles. The Balaban J connectivity index is 1.23. The number of rotatable bonds is 6. The molecule has 2 aliphatic heterocycles. The molecule has 0 atom stereocenters. The predicted octanol–water partition coefficient (Wildman–Crippen LogP) is 4.25. The highest BCUT2D eigenvalue weighted by molar-refractivity contribution is 7.91. The second kappa shape index (κ2) is 9.17. The molecule has 1 fully saturated rings. The zero-order valence-electron chi connectivity index (χ0n) is 18.0. The normalized spacial score (nSPS) is 16.0. The van der Waals surface area contributed by atoms with Crippen LogP contribution in [0, 0.1) is 0 Å². The van der Waals surface area contributed by atoms with Gasteiger partial charge in [-0.25, -0.2) is 8.42 Å². The molecule has 2 aromatic carbocycles. The van der Waals surface area contributed by atoms with E-state index < -0.39 is 10.0 Å². The maximum Gasteiger partial charge on any atom is 0.252 e. The molecule has 0 aliphatic carbocycles. The molecule has 3 heterocycles. The first-order valence-corrected chi connectivity index (χ1v) is 13.1. The summed E-state index contributed by atoms with van der Waals surface area (Å²) >= 11 is 1.27. The van der Waals surface area contributed by atoms with E-state index in [9.17, 15) is 13.2 Å². The summed E-state index contributed by atoms with van der Waals surface area (Å²) in [6.45, 7) is 1.77. The number of nitrogens with one attached hydrogen (secondary N) is 1. The molecule has 1 amide bonds. The third-order valence-electron chi connectivity index (χ3n) is 5.81. The van der Waals surface area contributed by atoms with Gasteiger partial charge in [0, 0.05) is 30.1 Å². The molecule has 33 heavy (non-hydrogen) atoms. The standard InChI is InChI=1S/C24H24N2O5S2/c27-24(25-15-17-4-9-20-21(14-17)31-16-30-20)19-7-5-18(6-8-19)22-10-11-23(32-22)33(28,29)26-12-2-1-3-13-26/h4-11,14H,1-3,12-13,15-16H2,(H,25,27). The van der Waals surface area contributed by atoms with Crippen molar-refractivity contribution in [2.75, 3.05) is 19.9 Å². The van der Waals surface area contributed by atoms with Gasteiger partial charge in [-0.1, -0.05) is 24.6 Å². The Morgan fingerprint density at radius 1 is 0.939 bits per heavy atom. The molecular weight excluding hydrogens is 460 g/mol. The lowest BCUT2D eigenvalue weighted by Crippen LogP contribution is -2.35. The number of nitrogens with zero attached hydrogens (tertiary/aromatic N) is 1. The van der Waals surface area contributed by atoms with Crippen molar-refractivity contribution in [2.45, 2.75) is 30.0 Å². The maximum atomic E-state index is 12.9. The molecule has 7 nitrogen and oxygen atoms in total. The number of carbonyl (C=O) groups excluding carboxylic acids is 1. The van der Waals surface area contributed by atoms with E-state index in [1.165, 1.54) is 11.3 Å². The molecule has 0 unspecified atom stereocenters.